The zero-order valence-corrected chi connectivity index (χ0v) is 18.8. The molecule has 4 rings (SSSR count). The van der Waals surface area contributed by atoms with E-state index >= 15 is 0 Å². The Morgan fingerprint density at radius 2 is 1.67 bits per heavy atom. The summed E-state index contributed by atoms with van der Waals surface area (Å²) in [6.07, 6.45) is 1.68. The van der Waals surface area contributed by atoms with E-state index in [1.54, 1.807) is 6.08 Å². The molecule has 7 heteroatoms. The average Bonchev–Trinajstić information content (AvgIpc) is 3.08. The maximum atomic E-state index is 13.0. The Kier molecular flexibility index (Phi) is 7.10. The molecule has 0 radical (unpaired) electrons. The summed E-state index contributed by atoms with van der Waals surface area (Å²) < 4.78 is 24.5. The maximum Gasteiger partial charge on any atom is 0.293 e. The molecule has 0 aliphatic carbocycles. The minimum atomic E-state index is -0.374. The van der Waals surface area contributed by atoms with Crippen LogP contribution in [0.5, 0.6) is 11.5 Å². The van der Waals surface area contributed by atoms with Crippen molar-refractivity contribution in [1.29, 1.82) is 0 Å². The van der Waals surface area contributed by atoms with Crippen LogP contribution in [0.15, 0.2) is 77.7 Å². The highest BCUT2D eigenvalue weighted by atomic mass is 32.2. The summed E-state index contributed by atoms with van der Waals surface area (Å²) in [7, 11) is 0. The van der Waals surface area contributed by atoms with Crippen molar-refractivity contribution in [3.63, 3.8) is 0 Å². The predicted octanol–water partition coefficient (Wildman–Crippen LogP) is 5.83. The number of para-hydroxylation sites is 1. The van der Waals surface area contributed by atoms with Gasteiger partial charge in [0, 0.05) is 5.56 Å². The van der Waals surface area contributed by atoms with E-state index in [0.29, 0.717) is 23.0 Å². The van der Waals surface area contributed by atoms with Crippen LogP contribution in [-0.4, -0.2) is 29.2 Å². The van der Waals surface area contributed by atoms with E-state index < -0.39 is 0 Å². The maximum absolute atomic E-state index is 13.0. The van der Waals surface area contributed by atoms with E-state index in [2.05, 4.69) is 0 Å². The number of hydrogen-bond acceptors (Lipinski definition) is 5. The first kappa shape index (κ1) is 22.6. The van der Waals surface area contributed by atoms with E-state index in [9.17, 15) is 14.0 Å². The van der Waals surface area contributed by atoms with Gasteiger partial charge in [0.05, 0.1) is 11.4 Å². The quantitative estimate of drug-likeness (QED) is 0.394. The first-order chi connectivity index (χ1) is 16.0. The zero-order valence-electron chi connectivity index (χ0n) is 18.0. The van der Waals surface area contributed by atoms with Crippen molar-refractivity contribution < 1.29 is 23.5 Å². The predicted molar refractivity (Wildman–Crippen MR) is 127 cm³/mol. The van der Waals surface area contributed by atoms with E-state index in [1.165, 1.54) is 29.8 Å². The number of carbonyl (C=O) groups excluding carboxylic acids is 2. The molecular weight excluding hydrogens is 441 g/mol. The lowest BCUT2D eigenvalue weighted by atomic mass is 10.1. The number of aryl methyl sites for hydroxylation is 1. The first-order valence-electron chi connectivity index (χ1n) is 10.4. The molecule has 33 heavy (non-hydrogen) atoms. The number of carbonyl (C=O) groups is 2. The standard InChI is InChI=1S/C26H22FNO4S/c1-18-6-8-19(9-7-18)17-32-23-5-3-2-4-20(23)16-24-25(29)28(26(30)33-24)14-15-31-22-12-10-21(27)11-13-22/h2-13,16H,14-15,17H2,1H3/b24-16-. The van der Waals surface area contributed by atoms with Crippen molar-refractivity contribution in [3.05, 3.63) is 100 Å². The smallest absolute Gasteiger partial charge is 0.293 e. The number of rotatable bonds is 8. The normalized spacial score (nSPS) is 14.7. The number of thioether (sulfide) groups is 1. The lowest BCUT2D eigenvalue weighted by molar-refractivity contribution is -0.123. The van der Waals surface area contributed by atoms with Gasteiger partial charge < -0.3 is 9.47 Å². The molecule has 5 nitrogen and oxygen atoms in total. The summed E-state index contributed by atoms with van der Waals surface area (Å²) in [5.74, 6) is 0.366. The van der Waals surface area contributed by atoms with Crippen LogP contribution >= 0.6 is 11.8 Å². The topological polar surface area (TPSA) is 55.8 Å². The Bertz CT molecular complexity index is 1180. The van der Waals surface area contributed by atoms with Crippen molar-refractivity contribution in [1.82, 2.24) is 4.90 Å². The minimum Gasteiger partial charge on any atom is -0.492 e. The van der Waals surface area contributed by atoms with Gasteiger partial charge in [-0.3, -0.25) is 14.5 Å². The molecule has 2 amide bonds. The highest BCUT2D eigenvalue weighted by Crippen LogP contribution is 2.34. The molecule has 0 atom stereocenters. The molecule has 0 saturated carbocycles. The average molecular weight is 464 g/mol. The van der Waals surface area contributed by atoms with Crippen molar-refractivity contribution in [2.45, 2.75) is 13.5 Å². The molecule has 0 aromatic heterocycles. The van der Waals surface area contributed by atoms with E-state index in [4.69, 9.17) is 9.47 Å². The molecular formula is C26H22FNO4S. The Morgan fingerprint density at radius 1 is 0.939 bits per heavy atom. The molecule has 0 unspecified atom stereocenters. The van der Waals surface area contributed by atoms with E-state index in [1.807, 2.05) is 55.5 Å². The second-order valence-electron chi connectivity index (χ2n) is 7.45. The fourth-order valence-electron chi connectivity index (χ4n) is 3.20. The van der Waals surface area contributed by atoms with Crippen LogP contribution < -0.4 is 9.47 Å². The molecule has 3 aromatic carbocycles. The highest BCUT2D eigenvalue weighted by molar-refractivity contribution is 8.18. The van der Waals surface area contributed by atoms with Gasteiger partial charge in [-0.1, -0.05) is 48.0 Å². The van der Waals surface area contributed by atoms with Gasteiger partial charge >= 0.3 is 0 Å². The Labute approximate surface area is 195 Å². The minimum absolute atomic E-state index is 0.102. The molecule has 1 saturated heterocycles. The van der Waals surface area contributed by atoms with Crippen LogP contribution in [0.25, 0.3) is 6.08 Å². The van der Waals surface area contributed by atoms with Gasteiger partial charge in [0.15, 0.2) is 0 Å². The van der Waals surface area contributed by atoms with Crippen molar-refractivity contribution in [2.75, 3.05) is 13.2 Å². The Morgan fingerprint density at radius 3 is 2.42 bits per heavy atom. The second kappa shape index (κ2) is 10.4. The van der Waals surface area contributed by atoms with Gasteiger partial charge in [-0.15, -0.1) is 0 Å². The third kappa shape index (κ3) is 5.81. The molecule has 1 aliphatic rings. The summed E-state index contributed by atoms with van der Waals surface area (Å²) >= 11 is 0.887. The fraction of sp³-hybridized carbons (Fsp3) is 0.154. The van der Waals surface area contributed by atoms with E-state index in [-0.39, 0.29) is 30.1 Å². The Balaban J connectivity index is 1.40. The van der Waals surface area contributed by atoms with Gasteiger partial charge in [-0.05, 0) is 60.7 Å². The summed E-state index contributed by atoms with van der Waals surface area (Å²) in [4.78, 5) is 26.7. The van der Waals surface area contributed by atoms with Gasteiger partial charge in [-0.2, -0.15) is 0 Å². The molecule has 0 N–H and O–H groups in total. The van der Waals surface area contributed by atoms with E-state index in [0.717, 1.165) is 27.8 Å². The number of nitrogens with zero attached hydrogens (tertiary/aromatic N) is 1. The van der Waals surface area contributed by atoms with Gasteiger partial charge in [0.1, 0.15) is 30.5 Å². The van der Waals surface area contributed by atoms with Crippen LogP contribution in [0, 0.1) is 12.7 Å². The van der Waals surface area contributed by atoms with Gasteiger partial charge in [0.2, 0.25) is 0 Å². The van der Waals surface area contributed by atoms with Crippen molar-refractivity contribution >= 4 is 29.0 Å². The molecule has 1 heterocycles. The summed E-state index contributed by atoms with van der Waals surface area (Å²) in [5, 5.41) is -0.355. The highest BCUT2D eigenvalue weighted by Gasteiger charge is 2.35. The third-order valence-corrected chi connectivity index (χ3v) is 5.90. The number of imide groups is 1. The number of hydrogen-bond donors (Lipinski definition) is 0. The summed E-state index contributed by atoms with van der Waals surface area (Å²) in [6.45, 7) is 2.65. The fourth-order valence-corrected chi connectivity index (χ4v) is 4.05. The van der Waals surface area contributed by atoms with Crippen LogP contribution in [0.2, 0.25) is 0 Å². The number of halogens is 1. The summed E-state index contributed by atoms with van der Waals surface area (Å²) in [6, 6.07) is 21.0. The molecule has 1 fully saturated rings. The third-order valence-electron chi connectivity index (χ3n) is 4.99. The SMILES string of the molecule is Cc1ccc(COc2ccccc2/C=C2\SC(=O)N(CCOc3ccc(F)cc3)C2=O)cc1. The lowest BCUT2D eigenvalue weighted by Crippen LogP contribution is -2.32. The molecule has 0 bridgehead atoms. The van der Waals surface area contributed by atoms with Crippen LogP contribution in [-0.2, 0) is 11.4 Å². The second-order valence-corrected chi connectivity index (χ2v) is 8.44. The zero-order chi connectivity index (χ0) is 23.2. The largest absolute Gasteiger partial charge is 0.492 e. The van der Waals surface area contributed by atoms with Crippen molar-refractivity contribution in [3.8, 4) is 11.5 Å². The first-order valence-corrected chi connectivity index (χ1v) is 11.2. The van der Waals surface area contributed by atoms with Crippen molar-refractivity contribution in [2.24, 2.45) is 0 Å². The van der Waals surface area contributed by atoms with Crippen LogP contribution in [0.1, 0.15) is 16.7 Å². The molecule has 3 aromatic rings. The van der Waals surface area contributed by atoms with Crippen LogP contribution in [0.3, 0.4) is 0 Å². The Hall–Kier alpha value is -3.58. The molecule has 168 valence electrons. The number of amides is 2. The summed E-state index contributed by atoms with van der Waals surface area (Å²) in [5.41, 5.74) is 2.94. The van der Waals surface area contributed by atoms with Gasteiger partial charge in [-0.25, -0.2) is 4.39 Å². The number of ether oxygens (including phenoxy) is 2. The molecule has 0 spiro atoms. The van der Waals surface area contributed by atoms with Crippen LogP contribution in [0.4, 0.5) is 9.18 Å². The molecule has 1 aliphatic heterocycles. The monoisotopic (exact) mass is 463 g/mol. The number of benzene rings is 3. The lowest BCUT2D eigenvalue weighted by Gasteiger charge is -2.13. The van der Waals surface area contributed by atoms with Gasteiger partial charge in [0.25, 0.3) is 11.1 Å².